The van der Waals surface area contributed by atoms with Crippen LogP contribution < -0.4 is 24.8 Å². The maximum Gasteiger partial charge on any atom is -1.00 e. The van der Waals surface area contributed by atoms with Crippen molar-refractivity contribution in [3.8, 4) is 0 Å². The van der Waals surface area contributed by atoms with Crippen molar-refractivity contribution in [2.45, 2.75) is 33.9 Å². The predicted octanol–water partition coefficient (Wildman–Crippen LogP) is -0.508. The van der Waals surface area contributed by atoms with Gasteiger partial charge in [0.15, 0.2) is 0 Å². The van der Waals surface area contributed by atoms with E-state index in [2.05, 4.69) is 62.4 Å². The quantitative estimate of drug-likeness (QED) is 0.512. The fraction of sp³-hybridized carbons (Fsp3) is 0.273. The third-order valence-corrected chi connectivity index (χ3v) is 11.0. The van der Waals surface area contributed by atoms with E-state index in [4.69, 9.17) is 0 Å². The fourth-order valence-electron chi connectivity index (χ4n) is 4.64. The Morgan fingerprint density at radius 1 is 0.720 bits per heavy atom. The molecule has 0 radical (unpaired) electrons. The smallest absolute Gasteiger partial charge is 1.00 e. The summed E-state index contributed by atoms with van der Waals surface area (Å²) >= 11 is -0.628. The molecule has 0 spiro atoms. The molecule has 0 aromatic heterocycles. The summed E-state index contributed by atoms with van der Waals surface area (Å²) in [6.07, 6.45) is 7.32. The minimum absolute atomic E-state index is 0. The first-order chi connectivity index (χ1) is 11.2. The number of hydrogen-bond acceptors (Lipinski definition) is 0. The monoisotopic (exact) mass is 444 g/mol. The Labute approximate surface area is 174 Å². The molecule has 2 unspecified atom stereocenters. The third-order valence-electron chi connectivity index (χ3n) is 5.71. The molecule has 0 saturated heterocycles. The third kappa shape index (κ3) is 2.93. The summed E-state index contributed by atoms with van der Waals surface area (Å²) in [5.74, 6) is 0. The standard InChI is InChI=1S/C22H20.2ClH.Zr/c1-15-11-19-7-3-5-17(21(19)13-15)9-10-18-6-4-8-20-12-16(2)14-22(18)20;;;/h3-8,11-14H,9-10H2,1-2H3;2*1H;/q;;;+2/p-2. The van der Waals surface area contributed by atoms with Crippen molar-refractivity contribution in [2.24, 2.45) is 0 Å². The SMILES string of the molecule is CC1=Cc2cccc3c2[CH]1[Zr+2][CH]1C(C)=Cc2cccc(c21)CC3.[Cl-].[Cl-]. The van der Waals surface area contributed by atoms with E-state index in [9.17, 15) is 0 Å². The molecule has 2 aromatic rings. The van der Waals surface area contributed by atoms with E-state index in [1.165, 1.54) is 24.0 Å². The summed E-state index contributed by atoms with van der Waals surface area (Å²) in [4.78, 5) is 0. The van der Waals surface area contributed by atoms with Crippen LogP contribution >= 0.6 is 0 Å². The molecule has 2 aliphatic carbocycles. The first kappa shape index (κ1) is 19.2. The predicted molar refractivity (Wildman–Crippen MR) is 93.1 cm³/mol. The first-order valence-corrected chi connectivity index (χ1v) is 11.4. The molecule has 0 nitrogen and oxygen atoms in total. The van der Waals surface area contributed by atoms with E-state index in [1.807, 2.05) is 0 Å². The Balaban J connectivity index is 0.000000911. The van der Waals surface area contributed by atoms with Crippen molar-refractivity contribution in [3.63, 3.8) is 0 Å². The summed E-state index contributed by atoms with van der Waals surface area (Å²) in [7, 11) is 0. The molecule has 25 heavy (non-hydrogen) atoms. The van der Waals surface area contributed by atoms with Crippen LogP contribution in [-0.2, 0) is 36.1 Å². The maximum absolute atomic E-state index is 2.47. The van der Waals surface area contributed by atoms with Crippen LogP contribution in [0.15, 0.2) is 47.5 Å². The van der Waals surface area contributed by atoms with E-state index in [0.29, 0.717) is 0 Å². The van der Waals surface area contributed by atoms with Crippen molar-refractivity contribution in [1.29, 1.82) is 0 Å². The summed E-state index contributed by atoms with van der Waals surface area (Å²) in [6.45, 7) is 4.74. The average molecular weight is 447 g/mol. The van der Waals surface area contributed by atoms with Crippen LogP contribution in [0.4, 0.5) is 0 Å². The van der Waals surface area contributed by atoms with Crippen LogP contribution in [0.25, 0.3) is 12.2 Å². The average Bonchev–Trinajstić information content (AvgIpc) is 3.05. The van der Waals surface area contributed by atoms with Gasteiger partial charge in [-0.15, -0.1) is 0 Å². The zero-order chi connectivity index (χ0) is 15.6. The number of hydrogen-bond donors (Lipinski definition) is 0. The Morgan fingerprint density at radius 2 is 1.16 bits per heavy atom. The minimum atomic E-state index is -0.628. The second kappa shape index (κ2) is 7.18. The van der Waals surface area contributed by atoms with Gasteiger partial charge in [0.1, 0.15) is 0 Å². The Morgan fingerprint density at radius 3 is 1.60 bits per heavy atom. The number of halogens is 2. The fourth-order valence-corrected chi connectivity index (χ4v) is 9.71. The van der Waals surface area contributed by atoms with Gasteiger partial charge in [0.25, 0.3) is 0 Å². The molecule has 0 N–H and O–H groups in total. The molecule has 0 bridgehead atoms. The van der Waals surface area contributed by atoms with Gasteiger partial charge in [-0.25, -0.2) is 0 Å². The Hall–Kier alpha value is -0.617. The molecular weight excluding hydrogens is 426 g/mol. The molecule has 126 valence electrons. The molecule has 0 saturated carbocycles. The van der Waals surface area contributed by atoms with Gasteiger partial charge in [-0.3, -0.25) is 0 Å². The molecule has 0 fully saturated rings. The molecule has 3 aliphatic rings. The second-order valence-electron chi connectivity index (χ2n) is 7.15. The van der Waals surface area contributed by atoms with Crippen LogP contribution in [0.3, 0.4) is 0 Å². The molecule has 1 aliphatic heterocycles. The largest absolute Gasteiger partial charge is 1.00 e. The summed E-state index contributed by atoms with van der Waals surface area (Å²) in [5, 5.41) is 0. The van der Waals surface area contributed by atoms with Gasteiger partial charge < -0.3 is 24.8 Å². The van der Waals surface area contributed by atoms with E-state index >= 15 is 0 Å². The zero-order valence-electron chi connectivity index (χ0n) is 14.4. The van der Waals surface area contributed by atoms with Crippen molar-refractivity contribution in [2.75, 3.05) is 0 Å². The van der Waals surface area contributed by atoms with Crippen molar-refractivity contribution in [3.05, 3.63) is 80.9 Å². The minimum Gasteiger partial charge on any atom is -1.00 e. The summed E-state index contributed by atoms with van der Waals surface area (Å²) in [5.41, 5.74) is 12.9. The Kier molecular flexibility index (Phi) is 5.50. The second-order valence-corrected chi connectivity index (χ2v) is 10.8. The first-order valence-electron chi connectivity index (χ1n) is 8.58. The van der Waals surface area contributed by atoms with Gasteiger partial charge in [-0.2, -0.15) is 0 Å². The van der Waals surface area contributed by atoms with Gasteiger partial charge in [0, 0.05) is 0 Å². The van der Waals surface area contributed by atoms with Crippen LogP contribution in [0.2, 0.25) is 0 Å². The van der Waals surface area contributed by atoms with Crippen molar-refractivity contribution in [1.82, 2.24) is 0 Å². The normalized spacial score (nSPS) is 21.5. The summed E-state index contributed by atoms with van der Waals surface area (Å²) < 4.78 is 1.55. The Bertz CT molecular complexity index is 821. The molecule has 2 atom stereocenters. The maximum atomic E-state index is 2.47. The van der Waals surface area contributed by atoms with Gasteiger partial charge in [0.2, 0.25) is 0 Å². The van der Waals surface area contributed by atoms with Gasteiger partial charge in [-0.05, 0) is 0 Å². The van der Waals surface area contributed by atoms with Crippen LogP contribution in [-0.4, -0.2) is 0 Å². The summed E-state index contributed by atoms with van der Waals surface area (Å²) in [6, 6.07) is 13.9. The van der Waals surface area contributed by atoms with E-state index in [-0.39, 0.29) is 24.8 Å². The number of allylic oxidation sites excluding steroid dienone is 2. The molecule has 0 amide bonds. The number of aryl methyl sites for hydroxylation is 2. The zero-order valence-corrected chi connectivity index (χ0v) is 18.4. The van der Waals surface area contributed by atoms with E-state index < -0.39 is 23.2 Å². The molecular formula is C22H20Cl2Zr. The van der Waals surface area contributed by atoms with Crippen molar-refractivity contribution >= 4 is 12.2 Å². The van der Waals surface area contributed by atoms with Crippen LogP contribution in [0.1, 0.15) is 54.5 Å². The van der Waals surface area contributed by atoms with Gasteiger partial charge in [0.05, 0.1) is 0 Å². The molecule has 1 heterocycles. The number of benzene rings is 2. The van der Waals surface area contributed by atoms with Gasteiger partial charge >= 0.3 is 150 Å². The topological polar surface area (TPSA) is 0 Å². The number of rotatable bonds is 0. The van der Waals surface area contributed by atoms with Gasteiger partial charge in [-0.1, -0.05) is 0 Å². The van der Waals surface area contributed by atoms with Crippen molar-refractivity contribution < 1.29 is 48.0 Å². The molecule has 5 rings (SSSR count). The molecule has 2 aromatic carbocycles. The van der Waals surface area contributed by atoms with Crippen LogP contribution in [0.5, 0.6) is 0 Å². The van der Waals surface area contributed by atoms with E-state index in [0.717, 1.165) is 7.25 Å². The molecule has 3 heteroatoms. The van der Waals surface area contributed by atoms with Crippen LogP contribution in [0, 0.1) is 0 Å². The van der Waals surface area contributed by atoms with E-state index in [1.54, 1.807) is 33.4 Å².